The molecule has 0 bridgehead atoms. The number of rotatable bonds is 8. The Labute approximate surface area is 210 Å². The van der Waals surface area contributed by atoms with Gasteiger partial charge in [0.25, 0.3) is 5.91 Å². The molecule has 1 amide bonds. The van der Waals surface area contributed by atoms with Gasteiger partial charge in [0.1, 0.15) is 5.75 Å². The van der Waals surface area contributed by atoms with Crippen molar-refractivity contribution in [3.05, 3.63) is 126 Å². The summed E-state index contributed by atoms with van der Waals surface area (Å²) in [6.45, 7) is 2.73. The Balaban J connectivity index is 1.23. The molecular weight excluding hydrogens is 446 g/mol. The SMILES string of the molecule is Cc1c(/C=N\NC(=O)COc2ccc(-c3ccccc3)cc2)c2ccccc2n1Cc1ccccc1. The molecule has 0 fully saturated rings. The van der Waals surface area contributed by atoms with E-state index >= 15 is 0 Å². The van der Waals surface area contributed by atoms with Crippen LogP contribution in [0.4, 0.5) is 0 Å². The highest BCUT2D eigenvalue weighted by Gasteiger charge is 2.13. The number of hydrazone groups is 1. The van der Waals surface area contributed by atoms with Gasteiger partial charge in [-0.1, -0.05) is 91.0 Å². The lowest BCUT2D eigenvalue weighted by Gasteiger charge is -2.08. The number of carbonyl (C=O) groups excluding carboxylic acids is 1. The highest BCUT2D eigenvalue weighted by molar-refractivity contribution is 6.01. The first-order valence-electron chi connectivity index (χ1n) is 11.9. The minimum absolute atomic E-state index is 0.114. The Bertz CT molecular complexity index is 1490. The number of nitrogens with one attached hydrogen (secondary N) is 1. The third kappa shape index (κ3) is 5.20. The molecule has 178 valence electrons. The second-order valence-electron chi connectivity index (χ2n) is 8.56. The first-order valence-corrected chi connectivity index (χ1v) is 11.9. The molecule has 0 saturated heterocycles. The second kappa shape index (κ2) is 10.7. The maximum Gasteiger partial charge on any atom is 0.277 e. The molecule has 5 heteroatoms. The number of aromatic nitrogens is 1. The van der Waals surface area contributed by atoms with Crippen molar-refractivity contribution in [2.45, 2.75) is 13.5 Å². The molecule has 1 heterocycles. The van der Waals surface area contributed by atoms with Gasteiger partial charge in [0.2, 0.25) is 0 Å². The number of ether oxygens (including phenoxy) is 1. The Hall–Kier alpha value is -4.64. The van der Waals surface area contributed by atoms with Gasteiger partial charge in [0, 0.05) is 28.7 Å². The van der Waals surface area contributed by atoms with Crippen LogP contribution in [0.15, 0.2) is 114 Å². The molecular formula is C31H27N3O2. The van der Waals surface area contributed by atoms with Crippen LogP contribution in [-0.4, -0.2) is 23.3 Å². The normalized spacial score (nSPS) is 11.1. The van der Waals surface area contributed by atoms with Crippen molar-refractivity contribution in [3.8, 4) is 16.9 Å². The standard InChI is InChI=1S/C31H27N3O2/c1-23-29(28-14-8-9-15-30(28)34(23)21-24-10-4-2-5-11-24)20-32-33-31(35)22-36-27-18-16-26(17-19-27)25-12-6-3-7-13-25/h2-20H,21-22H2,1H3,(H,33,35)/b32-20-. The Morgan fingerprint density at radius 2 is 1.47 bits per heavy atom. The lowest BCUT2D eigenvalue weighted by atomic mass is 10.1. The molecule has 5 aromatic rings. The molecule has 1 N–H and O–H groups in total. The van der Waals surface area contributed by atoms with E-state index in [2.05, 4.69) is 58.4 Å². The fraction of sp³-hybridized carbons (Fsp3) is 0.0968. The van der Waals surface area contributed by atoms with Crippen LogP contribution in [0.3, 0.4) is 0 Å². The average Bonchev–Trinajstić information content (AvgIpc) is 3.19. The van der Waals surface area contributed by atoms with Crippen molar-refractivity contribution >= 4 is 23.0 Å². The lowest BCUT2D eigenvalue weighted by Crippen LogP contribution is -2.24. The number of carbonyl (C=O) groups is 1. The van der Waals surface area contributed by atoms with Gasteiger partial charge in [-0.05, 0) is 41.8 Å². The van der Waals surface area contributed by atoms with Crippen LogP contribution in [0.25, 0.3) is 22.0 Å². The summed E-state index contributed by atoms with van der Waals surface area (Å²) in [5.41, 5.74) is 9.26. The van der Waals surface area contributed by atoms with Gasteiger partial charge in [-0.2, -0.15) is 5.10 Å². The predicted molar refractivity (Wildman–Crippen MR) is 145 cm³/mol. The smallest absolute Gasteiger partial charge is 0.277 e. The fourth-order valence-corrected chi connectivity index (χ4v) is 4.31. The minimum atomic E-state index is -0.316. The van der Waals surface area contributed by atoms with Crippen molar-refractivity contribution in [2.24, 2.45) is 5.10 Å². The summed E-state index contributed by atoms with van der Waals surface area (Å²) in [4.78, 5) is 12.3. The van der Waals surface area contributed by atoms with E-state index in [0.29, 0.717) is 5.75 Å². The van der Waals surface area contributed by atoms with Gasteiger partial charge in [0.15, 0.2) is 6.61 Å². The summed E-state index contributed by atoms with van der Waals surface area (Å²) in [6.07, 6.45) is 1.71. The van der Waals surface area contributed by atoms with E-state index in [1.807, 2.05) is 72.8 Å². The molecule has 0 saturated carbocycles. The molecule has 0 atom stereocenters. The van der Waals surface area contributed by atoms with E-state index in [1.165, 1.54) is 5.56 Å². The van der Waals surface area contributed by atoms with Gasteiger partial charge < -0.3 is 9.30 Å². The average molecular weight is 474 g/mol. The molecule has 5 rings (SSSR count). The van der Waals surface area contributed by atoms with Gasteiger partial charge >= 0.3 is 0 Å². The Kier molecular flexibility index (Phi) is 6.90. The number of hydrogen-bond acceptors (Lipinski definition) is 3. The second-order valence-corrected chi connectivity index (χ2v) is 8.56. The predicted octanol–water partition coefficient (Wildman–Crippen LogP) is 6.19. The molecule has 0 radical (unpaired) electrons. The van der Waals surface area contributed by atoms with E-state index in [0.717, 1.165) is 39.8 Å². The van der Waals surface area contributed by atoms with Crippen molar-refractivity contribution in [2.75, 3.05) is 6.61 Å². The van der Waals surface area contributed by atoms with Crippen molar-refractivity contribution < 1.29 is 9.53 Å². The Morgan fingerprint density at radius 3 is 2.22 bits per heavy atom. The molecule has 0 aliphatic rings. The van der Waals surface area contributed by atoms with Crippen molar-refractivity contribution in [1.82, 2.24) is 9.99 Å². The molecule has 0 aliphatic heterocycles. The molecule has 1 aromatic heterocycles. The van der Waals surface area contributed by atoms with Crippen molar-refractivity contribution in [1.29, 1.82) is 0 Å². The topological polar surface area (TPSA) is 55.6 Å². The number of fused-ring (bicyclic) bond motifs is 1. The molecule has 36 heavy (non-hydrogen) atoms. The molecule has 0 aliphatic carbocycles. The monoisotopic (exact) mass is 473 g/mol. The maximum absolute atomic E-state index is 12.3. The van der Waals surface area contributed by atoms with Crippen LogP contribution < -0.4 is 10.2 Å². The fourth-order valence-electron chi connectivity index (χ4n) is 4.31. The summed E-state index contributed by atoms with van der Waals surface area (Å²) in [5, 5.41) is 5.32. The summed E-state index contributed by atoms with van der Waals surface area (Å²) < 4.78 is 7.91. The molecule has 5 nitrogen and oxygen atoms in total. The number of amides is 1. The van der Waals surface area contributed by atoms with Crippen LogP contribution in [0.1, 0.15) is 16.8 Å². The zero-order chi connectivity index (χ0) is 24.7. The van der Waals surface area contributed by atoms with Gasteiger partial charge in [-0.15, -0.1) is 0 Å². The van der Waals surface area contributed by atoms with Crippen LogP contribution in [0.5, 0.6) is 5.75 Å². The molecule has 4 aromatic carbocycles. The summed E-state index contributed by atoms with van der Waals surface area (Å²) in [6, 6.07) is 36.4. The summed E-state index contributed by atoms with van der Waals surface area (Å²) in [5.74, 6) is 0.317. The number of hydrogen-bond donors (Lipinski definition) is 1. The zero-order valence-corrected chi connectivity index (χ0v) is 20.1. The highest BCUT2D eigenvalue weighted by atomic mass is 16.5. The Morgan fingerprint density at radius 1 is 0.833 bits per heavy atom. The summed E-state index contributed by atoms with van der Waals surface area (Å²) >= 11 is 0. The third-order valence-electron chi connectivity index (χ3n) is 6.18. The first-order chi connectivity index (χ1) is 17.7. The lowest BCUT2D eigenvalue weighted by molar-refractivity contribution is -0.123. The van der Waals surface area contributed by atoms with Gasteiger partial charge in [-0.3, -0.25) is 4.79 Å². The number of para-hydroxylation sites is 1. The van der Waals surface area contributed by atoms with E-state index in [9.17, 15) is 4.79 Å². The van der Waals surface area contributed by atoms with Gasteiger partial charge in [0.05, 0.1) is 6.21 Å². The third-order valence-corrected chi connectivity index (χ3v) is 6.18. The maximum atomic E-state index is 12.3. The first kappa shape index (κ1) is 23.1. The zero-order valence-electron chi connectivity index (χ0n) is 20.1. The minimum Gasteiger partial charge on any atom is -0.484 e. The van der Waals surface area contributed by atoms with Crippen LogP contribution in [-0.2, 0) is 11.3 Å². The number of benzene rings is 4. The molecule has 0 spiro atoms. The van der Waals surface area contributed by atoms with Crippen LogP contribution >= 0.6 is 0 Å². The van der Waals surface area contributed by atoms with Gasteiger partial charge in [-0.25, -0.2) is 5.43 Å². The van der Waals surface area contributed by atoms with E-state index in [1.54, 1.807) is 6.21 Å². The quantitative estimate of drug-likeness (QED) is 0.216. The number of nitrogens with zero attached hydrogens (tertiary/aromatic N) is 2. The van der Waals surface area contributed by atoms with E-state index in [4.69, 9.17) is 4.74 Å². The molecule has 0 unspecified atom stereocenters. The van der Waals surface area contributed by atoms with Crippen LogP contribution in [0.2, 0.25) is 0 Å². The van der Waals surface area contributed by atoms with E-state index in [-0.39, 0.29) is 12.5 Å². The van der Waals surface area contributed by atoms with Crippen molar-refractivity contribution in [3.63, 3.8) is 0 Å². The van der Waals surface area contributed by atoms with Crippen LogP contribution in [0, 0.1) is 6.92 Å². The largest absolute Gasteiger partial charge is 0.484 e. The highest BCUT2D eigenvalue weighted by Crippen LogP contribution is 2.26. The summed E-state index contributed by atoms with van der Waals surface area (Å²) in [7, 11) is 0. The van der Waals surface area contributed by atoms with E-state index < -0.39 is 0 Å².